The van der Waals surface area contributed by atoms with Gasteiger partial charge in [0.15, 0.2) is 0 Å². The minimum absolute atomic E-state index is 0.0818. The van der Waals surface area contributed by atoms with Crippen LogP contribution in [0.4, 0.5) is 0 Å². The number of hydrogen-bond donors (Lipinski definition) is 0. The highest BCUT2D eigenvalue weighted by Gasteiger charge is 2.44. The summed E-state index contributed by atoms with van der Waals surface area (Å²) < 4.78 is 5.44. The number of fused-ring (bicyclic) bond motifs is 1. The van der Waals surface area contributed by atoms with E-state index in [9.17, 15) is 9.59 Å². The van der Waals surface area contributed by atoms with E-state index in [4.69, 9.17) is 27.9 Å². The monoisotopic (exact) mass is 393 g/mol. The maximum absolute atomic E-state index is 12.8. The maximum atomic E-state index is 12.8. The number of halogens is 2. The van der Waals surface area contributed by atoms with Gasteiger partial charge in [-0.05, 0) is 45.2 Å². The lowest BCUT2D eigenvalue weighted by Crippen LogP contribution is -2.39. The number of carbonyl (C=O) groups is 2. The number of hydrogen-bond acceptors (Lipinski definition) is 4. The summed E-state index contributed by atoms with van der Waals surface area (Å²) >= 11 is 12.7. The van der Waals surface area contributed by atoms with E-state index in [1.807, 2.05) is 6.07 Å². The molecule has 1 aliphatic carbocycles. The average Bonchev–Trinajstić information content (AvgIpc) is 2.55. The summed E-state index contributed by atoms with van der Waals surface area (Å²) in [5.41, 5.74) is 2.47. The van der Waals surface area contributed by atoms with Crippen LogP contribution in [0, 0.1) is 5.92 Å². The van der Waals surface area contributed by atoms with Gasteiger partial charge in [0.05, 0.1) is 27.6 Å². The Hall–Kier alpha value is -1.65. The molecule has 138 valence electrons. The molecular weight excluding hydrogens is 373 g/mol. The molecule has 2 unspecified atom stereocenters. The van der Waals surface area contributed by atoms with Crippen LogP contribution in [0.1, 0.15) is 51.5 Å². The second-order valence-electron chi connectivity index (χ2n) is 6.97. The zero-order valence-electron chi connectivity index (χ0n) is 15.0. The molecule has 4 nitrogen and oxygen atoms in total. The summed E-state index contributed by atoms with van der Waals surface area (Å²) in [6, 6.07) is 5.29. The van der Waals surface area contributed by atoms with Gasteiger partial charge >= 0.3 is 5.97 Å². The van der Waals surface area contributed by atoms with Crippen LogP contribution in [-0.4, -0.2) is 23.6 Å². The van der Waals surface area contributed by atoms with E-state index < -0.39 is 17.8 Å². The number of Topliss-reactive ketones (excluding diaryl/α,β-unsaturated/α-hetero) is 1. The molecule has 0 spiro atoms. The van der Waals surface area contributed by atoms with Crippen molar-refractivity contribution in [3.63, 3.8) is 0 Å². The minimum atomic E-state index is -0.521. The molecule has 1 aromatic carbocycles. The van der Waals surface area contributed by atoms with E-state index in [2.05, 4.69) is 4.99 Å². The fourth-order valence-corrected chi connectivity index (χ4v) is 4.18. The van der Waals surface area contributed by atoms with Crippen LogP contribution in [0.15, 0.2) is 34.5 Å². The zero-order chi connectivity index (χ0) is 19.0. The average molecular weight is 394 g/mol. The van der Waals surface area contributed by atoms with E-state index in [0.29, 0.717) is 33.3 Å². The number of nitrogens with zero attached hydrogens (tertiary/aromatic N) is 1. The normalized spacial score (nSPS) is 23.0. The van der Waals surface area contributed by atoms with E-state index >= 15 is 0 Å². The summed E-state index contributed by atoms with van der Waals surface area (Å²) in [6.45, 7) is 5.36. The summed E-state index contributed by atoms with van der Waals surface area (Å²) in [5.74, 6) is -1.39. The maximum Gasteiger partial charge on any atom is 0.336 e. The number of benzene rings is 1. The molecule has 0 N–H and O–H groups in total. The number of aliphatic imine (C=N–C) groups is 1. The molecule has 26 heavy (non-hydrogen) atoms. The summed E-state index contributed by atoms with van der Waals surface area (Å²) in [4.78, 5) is 30.2. The first-order chi connectivity index (χ1) is 12.3. The number of ketones is 1. The van der Waals surface area contributed by atoms with Gasteiger partial charge in [0.25, 0.3) is 0 Å². The fraction of sp³-hybridized carbons (Fsp3) is 0.450. The number of carbonyl (C=O) groups excluding carboxylic acids is 2. The molecule has 0 saturated heterocycles. The van der Waals surface area contributed by atoms with Gasteiger partial charge in [0.1, 0.15) is 5.78 Å². The molecule has 6 heteroatoms. The number of allylic oxidation sites excluding steroid dienone is 1. The Morgan fingerprint density at radius 2 is 1.96 bits per heavy atom. The molecule has 1 fully saturated rings. The lowest BCUT2D eigenvalue weighted by molar-refractivity contribution is -0.143. The van der Waals surface area contributed by atoms with Crippen molar-refractivity contribution >= 4 is 40.7 Å². The van der Waals surface area contributed by atoms with Crippen LogP contribution in [0.2, 0.25) is 10.0 Å². The van der Waals surface area contributed by atoms with E-state index in [0.717, 1.165) is 18.6 Å². The molecule has 0 bridgehead atoms. The van der Waals surface area contributed by atoms with Crippen molar-refractivity contribution in [2.45, 2.75) is 52.1 Å². The van der Waals surface area contributed by atoms with Crippen LogP contribution in [0.25, 0.3) is 0 Å². The molecule has 2 aliphatic rings. The minimum Gasteiger partial charge on any atom is -0.460 e. The van der Waals surface area contributed by atoms with Crippen LogP contribution in [0.3, 0.4) is 0 Å². The van der Waals surface area contributed by atoms with Crippen molar-refractivity contribution in [2.24, 2.45) is 10.9 Å². The lowest BCUT2D eigenvalue weighted by Gasteiger charge is -2.36. The first kappa shape index (κ1) is 19.1. The van der Waals surface area contributed by atoms with Gasteiger partial charge in [-0.25, -0.2) is 4.79 Å². The summed E-state index contributed by atoms with van der Waals surface area (Å²) in [5, 5.41) is 0.757. The third-order valence-electron chi connectivity index (χ3n) is 4.79. The Labute approximate surface area is 163 Å². The third kappa shape index (κ3) is 3.45. The Morgan fingerprint density at radius 3 is 2.65 bits per heavy atom. The molecule has 0 radical (unpaired) electrons. The second kappa shape index (κ2) is 7.53. The molecule has 0 amide bonds. The van der Waals surface area contributed by atoms with Gasteiger partial charge in [-0.15, -0.1) is 0 Å². The largest absolute Gasteiger partial charge is 0.460 e. The van der Waals surface area contributed by atoms with Gasteiger partial charge in [0, 0.05) is 23.7 Å². The standard InChI is InChI=1S/C20H21Cl2NO3/c1-10(2)26-20(25)16-11(3)23-14-8-5-9-15(24)18(14)17(16)12-6-4-7-13(21)19(12)22/h4,6-7,10,17-18H,5,8-9H2,1-3H3. The highest BCUT2D eigenvalue weighted by atomic mass is 35.5. The van der Waals surface area contributed by atoms with E-state index in [1.165, 1.54) is 0 Å². The van der Waals surface area contributed by atoms with Crippen molar-refractivity contribution in [1.29, 1.82) is 0 Å². The first-order valence-corrected chi connectivity index (χ1v) is 9.52. The van der Waals surface area contributed by atoms with E-state index in [-0.39, 0.29) is 11.9 Å². The number of esters is 1. The van der Waals surface area contributed by atoms with Gasteiger partial charge in [-0.3, -0.25) is 9.79 Å². The van der Waals surface area contributed by atoms with Crippen LogP contribution in [-0.2, 0) is 14.3 Å². The number of ether oxygens (including phenoxy) is 1. The first-order valence-electron chi connectivity index (χ1n) is 8.77. The molecule has 1 aromatic rings. The van der Waals surface area contributed by atoms with Crippen LogP contribution < -0.4 is 0 Å². The highest BCUT2D eigenvalue weighted by Crippen LogP contribution is 2.46. The van der Waals surface area contributed by atoms with Crippen molar-refractivity contribution in [3.05, 3.63) is 45.1 Å². The summed E-state index contributed by atoms with van der Waals surface area (Å²) in [6.07, 6.45) is 1.73. The molecule has 2 atom stereocenters. The van der Waals surface area contributed by atoms with Crippen molar-refractivity contribution in [2.75, 3.05) is 0 Å². The SMILES string of the molecule is CC1=C(C(=O)OC(C)C)C(c2cccc(Cl)c2Cl)C2C(=O)CCCC2=N1. The zero-order valence-corrected chi connectivity index (χ0v) is 16.5. The van der Waals surface area contributed by atoms with Crippen molar-refractivity contribution < 1.29 is 14.3 Å². The van der Waals surface area contributed by atoms with Gasteiger partial charge in [-0.1, -0.05) is 35.3 Å². The topological polar surface area (TPSA) is 55.7 Å². The van der Waals surface area contributed by atoms with E-state index in [1.54, 1.807) is 32.9 Å². The number of rotatable bonds is 3. The quantitative estimate of drug-likeness (QED) is 0.668. The lowest BCUT2D eigenvalue weighted by atomic mass is 9.69. The van der Waals surface area contributed by atoms with Gasteiger partial charge in [-0.2, -0.15) is 0 Å². The van der Waals surface area contributed by atoms with Crippen LogP contribution in [0.5, 0.6) is 0 Å². The molecule has 1 saturated carbocycles. The van der Waals surface area contributed by atoms with Gasteiger partial charge < -0.3 is 4.74 Å². The molecular formula is C20H21Cl2NO3. The highest BCUT2D eigenvalue weighted by molar-refractivity contribution is 6.42. The predicted molar refractivity (Wildman–Crippen MR) is 103 cm³/mol. The Kier molecular flexibility index (Phi) is 5.54. The smallest absolute Gasteiger partial charge is 0.336 e. The Morgan fingerprint density at radius 1 is 1.23 bits per heavy atom. The van der Waals surface area contributed by atoms with Gasteiger partial charge in [0.2, 0.25) is 0 Å². The van der Waals surface area contributed by atoms with Crippen molar-refractivity contribution in [3.8, 4) is 0 Å². The summed E-state index contributed by atoms with van der Waals surface area (Å²) in [7, 11) is 0. The molecule has 1 aliphatic heterocycles. The molecule has 1 heterocycles. The Balaban J connectivity index is 2.20. The van der Waals surface area contributed by atoms with Crippen molar-refractivity contribution in [1.82, 2.24) is 0 Å². The second-order valence-corrected chi connectivity index (χ2v) is 7.76. The molecule has 3 rings (SSSR count). The third-order valence-corrected chi connectivity index (χ3v) is 5.62. The predicted octanol–water partition coefficient (Wildman–Crippen LogP) is 5.13. The Bertz CT molecular complexity index is 826. The molecule has 0 aromatic heterocycles. The fourth-order valence-electron chi connectivity index (χ4n) is 3.76. The van der Waals surface area contributed by atoms with Crippen LogP contribution >= 0.6 is 23.2 Å².